The molecule has 0 saturated heterocycles. The molecule has 0 bridgehead atoms. The summed E-state index contributed by atoms with van der Waals surface area (Å²) in [5.41, 5.74) is 0.689. The van der Waals surface area contributed by atoms with Crippen LogP contribution in [0.3, 0.4) is 0 Å². The monoisotopic (exact) mass is 286 g/mol. The van der Waals surface area contributed by atoms with Gasteiger partial charge in [0.1, 0.15) is 11.6 Å². The highest BCUT2D eigenvalue weighted by molar-refractivity contribution is 6.30. The lowest BCUT2D eigenvalue weighted by molar-refractivity contribution is 0.0970. The number of hydrogen-bond donors (Lipinski definition) is 0. The lowest BCUT2D eigenvalue weighted by Gasteiger charge is -2.09. The van der Waals surface area contributed by atoms with Crippen LogP contribution in [0.4, 0.5) is 0 Å². The van der Waals surface area contributed by atoms with Gasteiger partial charge >= 0.3 is 0 Å². The molecule has 2 rings (SSSR count). The number of carbonyl (C=O) groups is 1. The molecule has 1 aromatic carbocycles. The van der Waals surface area contributed by atoms with Gasteiger partial charge in [-0.25, -0.2) is 0 Å². The van der Waals surface area contributed by atoms with Crippen LogP contribution in [0.2, 0.25) is 5.02 Å². The number of rotatable bonds is 3. The molecule has 0 radical (unpaired) electrons. The van der Waals surface area contributed by atoms with E-state index >= 15 is 0 Å². The van der Waals surface area contributed by atoms with Crippen LogP contribution in [0.25, 0.3) is 0 Å². The van der Waals surface area contributed by atoms with Crippen molar-refractivity contribution in [3.05, 3.63) is 68.6 Å². The number of Topliss-reactive ketones (excluding diaryl/α,β-unsaturated/α-hetero) is 1. The molecule has 1 heterocycles. The second-order valence-corrected chi connectivity index (χ2v) is 4.76. The van der Waals surface area contributed by atoms with Crippen molar-refractivity contribution in [2.75, 3.05) is 0 Å². The van der Waals surface area contributed by atoms with Crippen LogP contribution in [0, 0.1) is 18.3 Å². The third-order valence-electron chi connectivity index (χ3n) is 2.98. The number of benzene rings is 1. The lowest BCUT2D eigenvalue weighted by Crippen LogP contribution is -2.27. The topological polar surface area (TPSA) is 62.9 Å². The van der Waals surface area contributed by atoms with Crippen molar-refractivity contribution in [2.45, 2.75) is 13.5 Å². The molecule has 5 heteroatoms. The molecule has 20 heavy (non-hydrogen) atoms. The van der Waals surface area contributed by atoms with Gasteiger partial charge in [0.25, 0.3) is 5.56 Å². The van der Waals surface area contributed by atoms with E-state index in [-0.39, 0.29) is 17.9 Å². The SMILES string of the molecule is Cc1ccc(C#N)c(=O)n1CC(=O)c1ccc(Cl)cc1. The second kappa shape index (κ2) is 5.72. The Kier molecular flexibility index (Phi) is 4.02. The van der Waals surface area contributed by atoms with E-state index in [1.54, 1.807) is 37.3 Å². The van der Waals surface area contributed by atoms with E-state index in [2.05, 4.69) is 0 Å². The van der Waals surface area contributed by atoms with Crippen LogP contribution >= 0.6 is 11.6 Å². The minimum atomic E-state index is -0.449. The van der Waals surface area contributed by atoms with Gasteiger partial charge in [-0.2, -0.15) is 5.26 Å². The summed E-state index contributed by atoms with van der Waals surface area (Å²) in [6, 6.07) is 11.4. The molecular weight excluding hydrogens is 276 g/mol. The Morgan fingerprint density at radius 2 is 1.90 bits per heavy atom. The average molecular weight is 287 g/mol. The fraction of sp³-hybridized carbons (Fsp3) is 0.133. The zero-order valence-electron chi connectivity index (χ0n) is 10.8. The molecule has 0 aliphatic rings. The molecule has 0 unspecified atom stereocenters. The minimum Gasteiger partial charge on any atom is -0.304 e. The first-order valence-electron chi connectivity index (χ1n) is 5.92. The van der Waals surface area contributed by atoms with E-state index in [1.807, 2.05) is 6.07 Å². The maximum absolute atomic E-state index is 12.1. The molecule has 2 aromatic rings. The normalized spacial score (nSPS) is 10.1. The summed E-state index contributed by atoms with van der Waals surface area (Å²) in [6.45, 7) is 1.62. The number of aryl methyl sites for hydroxylation is 1. The Hall–Kier alpha value is -2.38. The van der Waals surface area contributed by atoms with E-state index in [4.69, 9.17) is 16.9 Å². The van der Waals surface area contributed by atoms with Gasteiger partial charge in [0, 0.05) is 16.3 Å². The zero-order valence-corrected chi connectivity index (χ0v) is 11.5. The lowest BCUT2D eigenvalue weighted by atomic mass is 10.1. The van der Waals surface area contributed by atoms with Crippen molar-refractivity contribution in [3.63, 3.8) is 0 Å². The van der Waals surface area contributed by atoms with Gasteiger partial charge < -0.3 is 4.57 Å². The smallest absolute Gasteiger partial charge is 0.269 e. The number of halogens is 1. The molecule has 0 spiro atoms. The van der Waals surface area contributed by atoms with Crippen LogP contribution < -0.4 is 5.56 Å². The number of hydrogen-bond acceptors (Lipinski definition) is 3. The van der Waals surface area contributed by atoms with Crippen molar-refractivity contribution in [1.82, 2.24) is 4.57 Å². The first-order valence-corrected chi connectivity index (χ1v) is 6.30. The Labute approximate surface area is 120 Å². The third kappa shape index (κ3) is 2.79. The predicted octanol–water partition coefficient (Wildman–Crippen LogP) is 2.56. The molecule has 0 amide bonds. The largest absolute Gasteiger partial charge is 0.304 e. The van der Waals surface area contributed by atoms with Crippen molar-refractivity contribution in [2.24, 2.45) is 0 Å². The van der Waals surface area contributed by atoms with E-state index in [0.717, 1.165) is 0 Å². The number of pyridine rings is 1. The molecule has 100 valence electrons. The van der Waals surface area contributed by atoms with Crippen molar-refractivity contribution in [1.29, 1.82) is 5.26 Å². The maximum Gasteiger partial charge on any atom is 0.269 e. The highest BCUT2D eigenvalue weighted by atomic mass is 35.5. The van der Waals surface area contributed by atoms with Gasteiger partial charge in [-0.15, -0.1) is 0 Å². The Morgan fingerprint density at radius 3 is 2.50 bits per heavy atom. The molecule has 0 atom stereocenters. The van der Waals surface area contributed by atoms with Gasteiger partial charge in [0.2, 0.25) is 0 Å². The number of aromatic nitrogens is 1. The van der Waals surface area contributed by atoms with Gasteiger partial charge in [-0.1, -0.05) is 11.6 Å². The van der Waals surface area contributed by atoms with Crippen LogP contribution in [-0.2, 0) is 6.54 Å². The van der Waals surface area contributed by atoms with Gasteiger partial charge in [-0.3, -0.25) is 9.59 Å². The van der Waals surface area contributed by atoms with Crippen molar-refractivity contribution >= 4 is 17.4 Å². The summed E-state index contributed by atoms with van der Waals surface area (Å²) in [7, 11) is 0. The maximum atomic E-state index is 12.1. The molecule has 0 fully saturated rings. The zero-order chi connectivity index (χ0) is 14.7. The van der Waals surface area contributed by atoms with E-state index in [1.165, 1.54) is 10.6 Å². The highest BCUT2D eigenvalue weighted by Gasteiger charge is 2.11. The number of ketones is 1. The Morgan fingerprint density at radius 1 is 1.25 bits per heavy atom. The van der Waals surface area contributed by atoms with Crippen LogP contribution in [0.1, 0.15) is 21.6 Å². The molecule has 0 aliphatic heterocycles. The fourth-order valence-electron chi connectivity index (χ4n) is 1.82. The van der Waals surface area contributed by atoms with Gasteiger partial charge in [0.15, 0.2) is 5.78 Å². The van der Waals surface area contributed by atoms with E-state index < -0.39 is 5.56 Å². The Bertz CT molecular complexity index is 755. The summed E-state index contributed by atoms with van der Waals surface area (Å²) in [5.74, 6) is -0.207. The number of nitriles is 1. The summed E-state index contributed by atoms with van der Waals surface area (Å²) in [4.78, 5) is 24.2. The summed E-state index contributed by atoms with van der Waals surface area (Å²) >= 11 is 5.76. The first-order chi connectivity index (χ1) is 9.52. The first kappa shape index (κ1) is 14.0. The van der Waals surface area contributed by atoms with E-state index in [9.17, 15) is 9.59 Å². The summed E-state index contributed by atoms with van der Waals surface area (Å²) in [5, 5.41) is 9.40. The molecular formula is C15H11ClN2O2. The van der Waals surface area contributed by atoms with Crippen LogP contribution in [0.5, 0.6) is 0 Å². The standard InChI is InChI=1S/C15H11ClN2O2/c1-10-2-3-12(8-17)15(20)18(10)9-14(19)11-4-6-13(16)7-5-11/h2-7H,9H2,1H3. The van der Waals surface area contributed by atoms with E-state index in [0.29, 0.717) is 16.3 Å². The quantitative estimate of drug-likeness (QED) is 0.815. The van der Waals surface area contributed by atoms with Crippen LogP contribution in [-0.4, -0.2) is 10.4 Å². The van der Waals surface area contributed by atoms with Gasteiger partial charge in [0.05, 0.1) is 6.54 Å². The molecule has 1 aromatic heterocycles. The van der Waals surface area contributed by atoms with Gasteiger partial charge in [-0.05, 0) is 43.3 Å². The molecule has 4 nitrogen and oxygen atoms in total. The number of nitrogens with zero attached hydrogens (tertiary/aromatic N) is 2. The average Bonchev–Trinajstić information content (AvgIpc) is 2.44. The Balaban J connectivity index is 2.36. The molecule has 0 saturated carbocycles. The summed E-state index contributed by atoms with van der Waals surface area (Å²) < 4.78 is 1.30. The second-order valence-electron chi connectivity index (χ2n) is 4.32. The molecule has 0 aliphatic carbocycles. The summed E-state index contributed by atoms with van der Waals surface area (Å²) in [6.07, 6.45) is 0. The predicted molar refractivity (Wildman–Crippen MR) is 75.9 cm³/mol. The van der Waals surface area contributed by atoms with Crippen molar-refractivity contribution < 1.29 is 4.79 Å². The third-order valence-corrected chi connectivity index (χ3v) is 3.23. The minimum absolute atomic E-state index is 0.0273. The fourth-order valence-corrected chi connectivity index (χ4v) is 1.95. The highest BCUT2D eigenvalue weighted by Crippen LogP contribution is 2.11. The van der Waals surface area contributed by atoms with Crippen LogP contribution in [0.15, 0.2) is 41.2 Å². The number of carbonyl (C=O) groups excluding carboxylic acids is 1. The molecule has 0 N–H and O–H groups in total. The van der Waals surface area contributed by atoms with Crippen molar-refractivity contribution in [3.8, 4) is 6.07 Å².